The van der Waals surface area contributed by atoms with Gasteiger partial charge in [-0.25, -0.2) is 0 Å². The number of para-hydroxylation sites is 1. The van der Waals surface area contributed by atoms with Crippen LogP contribution < -0.4 is 0 Å². The van der Waals surface area contributed by atoms with Crippen molar-refractivity contribution in [2.45, 2.75) is 25.7 Å². The number of nitrogens with one attached hydrogen (secondary N) is 1. The molecular weight excluding hydrogens is 300 g/mol. The highest BCUT2D eigenvalue weighted by Crippen LogP contribution is 2.42. The van der Waals surface area contributed by atoms with Gasteiger partial charge < -0.3 is 14.6 Å². The van der Waals surface area contributed by atoms with E-state index in [0.717, 1.165) is 48.2 Å². The Labute approximate surface area is 142 Å². The summed E-state index contributed by atoms with van der Waals surface area (Å²) < 4.78 is 1.02. The van der Waals surface area contributed by atoms with E-state index in [1.807, 2.05) is 12.1 Å². The number of carboxylic acids is 1. The van der Waals surface area contributed by atoms with Gasteiger partial charge >= 0.3 is 5.97 Å². The lowest BCUT2D eigenvalue weighted by atomic mass is 9.78. The average molecular weight is 325 g/mol. The summed E-state index contributed by atoms with van der Waals surface area (Å²) in [6, 6.07) is 8.23. The van der Waals surface area contributed by atoms with Crippen LogP contribution in [0.1, 0.15) is 30.5 Å². The standard InChI is InChI=1S/C20H24N2O2/c1-3-13-12-22(2)10-8-14(13)18(20(23)24)19-16(9-11-22)15-6-4-5-7-17(15)21-19/h3-7,14,18,21H,8-12H2,1-2H3/p+1/b13-3-/t14-,18-,22-/m0/s1. The number of aromatic amines is 1. The second-order valence-electron chi connectivity index (χ2n) is 7.61. The fourth-order valence-corrected chi connectivity index (χ4v) is 4.78. The van der Waals surface area contributed by atoms with Crippen molar-refractivity contribution in [3.63, 3.8) is 0 Å². The summed E-state index contributed by atoms with van der Waals surface area (Å²) in [4.78, 5) is 15.7. The van der Waals surface area contributed by atoms with E-state index < -0.39 is 11.9 Å². The molecule has 1 aromatic heterocycles. The van der Waals surface area contributed by atoms with Crippen LogP contribution in [0.3, 0.4) is 0 Å². The molecule has 24 heavy (non-hydrogen) atoms. The van der Waals surface area contributed by atoms with Crippen LogP contribution in [0, 0.1) is 5.92 Å². The molecule has 3 atom stereocenters. The second kappa shape index (κ2) is 5.49. The lowest BCUT2D eigenvalue weighted by Gasteiger charge is -2.42. The molecule has 0 unspecified atom stereocenters. The fraction of sp³-hybridized carbons (Fsp3) is 0.450. The van der Waals surface area contributed by atoms with Crippen molar-refractivity contribution >= 4 is 16.9 Å². The number of likely N-dealkylation sites (N-methyl/N-ethyl adjacent to an activating group) is 1. The number of piperidine rings is 1. The highest BCUT2D eigenvalue weighted by molar-refractivity contribution is 5.88. The molecule has 1 aromatic carbocycles. The second-order valence-corrected chi connectivity index (χ2v) is 7.61. The Balaban J connectivity index is 1.96. The molecule has 0 amide bonds. The third kappa shape index (κ3) is 2.28. The first-order valence-electron chi connectivity index (χ1n) is 8.83. The maximum atomic E-state index is 12.2. The molecule has 4 heteroatoms. The molecule has 1 saturated heterocycles. The van der Waals surface area contributed by atoms with E-state index in [0.29, 0.717) is 0 Å². The van der Waals surface area contributed by atoms with Crippen LogP contribution >= 0.6 is 0 Å². The van der Waals surface area contributed by atoms with E-state index in [-0.39, 0.29) is 5.92 Å². The van der Waals surface area contributed by atoms with Crippen LogP contribution in [0.4, 0.5) is 0 Å². The predicted octanol–water partition coefficient (Wildman–Crippen LogP) is 3.31. The minimum Gasteiger partial charge on any atom is -0.481 e. The van der Waals surface area contributed by atoms with Gasteiger partial charge in [-0.2, -0.15) is 0 Å². The molecule has 126 valence electrons. The Hall–Kier alpha value is -2.07. The normalized spacial score (nSPS) is 31.5. The van der Waals surface area contributed by atoms with E-state index in [1.165, 1.54) is 16.5 Å². The Morgan fingerprint density at radius 3 is 2.88 bits per heavy atom. The van der Waals surface area contributed by atoms with Gasteiger partial charge in [0.1, 0.15) is 12.5 Å². The van der Waals surface area contributed by atoms with Crippen molar-refractivity contribution < 1.29 is 14.4 Å². The molecule has 3 aliphatic rings. The van der Waals surface area contributed by atoms with Gasteiger partial charge in [-0.3, -0.25) is 4.79 Å². The van der Waals surface area contributed by atoms with Gasteiger partial charge in [0.25, 0.3) is 0 Å². The molecule has 2 bridgehead atoms. The van der Waals surface area contributed by atoms with Crippen LogP contribution in [-0.4, -0.2) is 47.2 Å². The van der Waals surface area contributed by atoms with E-state index in [4.69, 9.17) is 0 Å². The van der Waals surface area contributed by atoms with E-state index in [1.54, 1.807) is 0 Å². The van der Waals surface area contributed by atoms with E-state index in [2.05, 4.69) is 37.2 Å². The molecule has 0 saturated carbocycles. The summed E-state index contributed by atoms with van der Waals surface area (Å²) >= 11 is 0. The quantitative estimate of drug-likeness (QED) is 0.624. The number of aliphatic carboxylic acids is 1. The predicted molar refractivity (Wildman–Crippen MR) is 95.0 cm³/mol. The minimum atomic E-state index is -0.704. The summed E-state index contributed by atoms with van der Waals surface area (Å²) in [6.07, 6.45) is 4.04. The van der Waals surface area contributed by atoms with Crippen molar-refractivity contribution in [3.05, 3.63) is 47.2 Å². The summed E-state index contributed by atoms with van der Waals surface area (Å²) in [6.45, 7) is 5.16. The molecular formula is C20H25N2O2+. The molecule has 0 aliphatic carbocycles. The molecule has 0 spiro atoms. The van der Waals surface area contributed by atoms with Gasteiger partial charge in [0.15, 0.2) is 0 Å². The van der Waals surface area contributed by atoms with Crippen LogP contribution in [0.15, 0.2) is 35.9 Å². The molecule has 2 aromatic rings. The van der Waals surface area contributed by atoms with Crippen molar-refractivity contribution in [3.8, 4) is 0 Å². The van der Waals surface area contributed by atoms with Crippen molar-refractivity contribution in [2.24, 2.45) is 5.92 Å². The topological polar surface area (TPSA) is 53.1 Å². The monoisotopic (exact) mass is 325 g/mol. The Morgan fingerprint density at radius 1 is 1.33 bits per heavy atom. The number of aromatic nitrogens is 1. The van der Waals surface area contributed by atoms with E-state index >= 15 is 0 Å². The molecule has 4 nitrogen and oxygen atoms in total. The number of nitrogens with zero attached hydrogens (tertiary/aromatic N) is 1. The summed E-state index contributed by atoms with van der Waals surface area (Å²) in [5.74, 6) is -1.07. The minimum absolute atomic E-state index is 0.101. The number of H-pyrrole nitrogens is 1. The van der Waals surface area contributed by atoms with Crippen LogP contribution in [0.25, 0.3) is 10.9 Å². The van der Waals surface area contributed by atoms with Crippen LogP contribution in [0.2, 0.25) is 0 Å². The number of allylic oxidation sites excluding steroid dienone is 1. The molecule has 5 rings (SSSR count). The Morgan fingerprint density at radius 2 is 2.12 bits per heavy atom. The number of rotatable bonds is 1. The van der Waals surface area contributed by atoms with Crippen LogP contribution in [0.5, 0.6) is 0 Å². The van der Waals surface area contributed by atoms with Gasteiger partial charge in [-0.15, -0.1) is 0 Å². The maximum Gasteiger partial charge on any atom is 0.313 e. The van der Waals surface area contributed by atoms with Gasteiger partial charge in [0.05, 0.1) is 20.1 Å². The first kappa shape index (κ1) is 15.5. The largest absolute Gasteiger partial charge is 0.481 e. The Bertz CT molecular complexity index is 835. The van der Waals surface area contributed by atoms with Crippen molar-refractivity contribution in [1.29, 1.82) is 0 Å². The molecule has 4 heterocycles. The van der Waals surface area contributed by atoms with Crippen molar-refractivity contribution in [1.82, 2.24) is 4.98 Å². The summed E-state index contributed by atoms with van der Waals surface area (Å²) in [7, 11) is 2.31. The molecule has 2 N–H and O–H groups in total. The third-order valence-corrected chi connectivity index (χ3v) is 6.12. The number of fused-ring (bicyclic) bond motifs is 4. The number of hydrogen-bond acceptors (Lipinski definition) is 1. The smallest absolute Gasteiger partial charge is 0.313 e. The Kier molecular flexibility index (Phi) is 3.53. The van der Waals surface area contributed by atoms with Crippen molar-refractivity contribution in [2.75, 3.05) is 26.7 Å². The first-order chi connectivity index (χ1) is 11.5. The average Bonchev–Trinajstić information content (AvgIpc) is 2.95. The fourth-order valence-electron chi connectivity index (χ4n) is 4.78. The van der Waals surface area contributed by atoms with Gasteiger partial charge in [-0.1, -0.05) is 24.3 Å². The first-order valence-corrected chi connectivity index (χ1v) is 8.83. The van der Waals surface area contributed by atoms with Gasteiger partial charge in [-0.05, 0) is 24.1 Å². The van der Waals surface area contributed by atoms with Crippen LogP contribution in [-0.2, 0) is 11.2 Å². The number of hydrogen-bond donors (Lipinski definition) is 2. The number of quaternary nitrogens is 1. The number of carboxylic acid groups (broad SMARTS) is 1. The zero-order valence-corrected chi connectivity index (χ0v) is 14.4. The van der Waals surface area contributed by atoms with Gasteiger partial charge in [0.2, 0.25) is 0 Å². The SMILES string of the molecule is C/C=C1/C[N@+]2(C)CCc3c([nH]c4ccccc34)[C@@H](C(=O)O)[C@H]1CC2. The number of carbonyl (C=O) groups is 1. The molecule has 3 aliphatic heterocycles. The zero-order chi connectivity index (χ0) is 16.9. The lowest BCUT2D eigenvalue weighted by molar-refractivity contribution is -0.909. The third-order valence-electron chi connectivity index (χ3n) is 6.12. The molecule has 1 fully saturated rings. The maximum absolute atomic E-state index is 12.2. The summed E-state index contributed by atoms with van der Waals surface area (Å²) in [5.41, 5.74) is 4.52. The highest BCUT2D eigenvalue weighted by Gasteiger charge is 2.43. The zero-order valence-electron chi connectivity index (χ0n) is 14.4. The van der Waals surface area contributed by atoms with Gasteiger partial charge in [0, 0.05) is 35.4 Å². The summed E-state index contributed by atoms with van der Waals surface area (Å²) in [5, 5.41) is 11.3. The lowest BCUT2D eigenvalue weighted by Crippen LogP contribution is -2.52. The number of benzene rings is 1. The van der Waals surface area contributed by atoms with E-state index in [9.17, 15) is 9.90 Å². The molecule has 0 radical (unpaired) electrons. The highest BCUT2D eigenvalue weighted by atomic mass is 16.4.